The standard InChI is InChI=1S/C17H25N3/c18-20-17(19-14-9-2-1-3-10-14)16-12-6-8-13-7-4-5-11-15(13)16/h4-5,7,11,14,16H,1-3,6,8-10,12,18H2,(H,19,20). The van der Waals surface area contributed by atoms with Gasteiger partial charge in [0.15, 0.2) is 0 Å². The number of aliphatic imine (C=N–C) groups is 1. The zero-order valence-electron chi connectivity index (χ0n) is 12.1. The summed E-state index contributed by atoms with van der Waals surface area (Å²) < 4.78 is 0. The summed E-state index contributed by atoms with van der Waals surface area (Å²) in [5.41, 5.74) is 5.80. The predicted octanol–water partition coefficient (Wildman–Crippen LogP) is 3.30. The van der Waals surface area contributed by atoms with Gasteiger partial charge in [0.25, 0.3) is 0 Å². The molecule has 1 aromatic carbocycles. The molecule has 0 amide bonds. The zero-order chi connectivity index (χ0) is 13.8. The number of nitrogens with zero attached hydrogens (tertiary/aromatic N) is 1. The van der Waals surface area contributed by atoms with Crippen LogP contribution in [0.1, 0.15) is 62.0 Å². The van der Waals surface area contributed by atoms with E-state index in [0.29, 0.717) is 12.0 Å². The Bertz CT molecular complexity index is 475. The highest BCUT2D eigenvalue weighted by molar-refractivity contribution is 5.89. The number of nitrogens with two attached hydrogens (primary N) is 1. The number of aryl methyl sites for hydroxylation is 1. The summed E-state index contributed by atoms with van der Waals surface area (Å²) in [4.78, 5) is 4.96. The van der Waals surface area contributed by atoms with Gasteiger partial charge >= 0.3 is 0 Å². The second-order valence-electron chi connectivity index (χ2n) is 6.09. The Labute approximate surface area is 121 Å². The number of benzene rings is 1. The minimum absolute atomic E-state index is 0.367. The number of amidine groups is 1. The number of nitrogens with one attached hydrogen (secondary N) is 1. The summed E-state index contributed by atoms with van der Waals surface area (Å²) >= 11 is 0. The van der Waals surface area contributed by atoms with Crippen LogP contribution in [0, 0.1) is 0 Å². The van der Waals surface area contributed by atoms with Gasteiger partial charge in [-0.05, 0) is 43.2 Å². The summed E-state index contributed by atoms with van der Waals surface area (Å²) in [7, 11) is 0. The lowest BCUT2D eigenvalue weighted by Crippen LogP contribution is -2.37. The molecule has 3 heteroatoms. The van der Waals surface area contributed by atoms with Crippen LogP contribution >= 0.6 is 0 Å². The molecule has 3 N–H and O–H groups in total. The van der Waals surface area contributed by atoms with Crippen LogP contribution in [0.5, 0.6) is 0 Å². The molecule has 1 aromatic rings. The van der Waals surface area contributed by atoms with E-state index in [-0.39, 0.29) is 0 Å². The third kappa shape index (κ3) is 2.88. The normalized spacial score (nSPS) is 24.2. The van der Waals surface area contributed by atoms with E-state index in [9.17, 15) is 0 Å². The summed E-state index contributed by atoms with van der Waals surface area (Å²) in [5.74, 6) is 7.17. The van der Waals surface area contributed by atoms with Crippen LogP contribution in [0.4, 0.5) is 0 Å². The van der Waals surface area contributed by atoms with Crippen molar-refractivity contribution in [2.24, 2.45) is 10.8 Å². The molecule has 1 saturated carbocycles. The first-order valence-electron chi connectivity index (χ1n) is 8.00. The molecule has 3 rings (SSSR count). The van der Waals surface area contributed by atoms with Gasteiger partial charge in [0.05, 0.1) is 6.04 Å². The molecule has 0 radical (unpaired) electrons. The highest BCUT2D eigenvalue weighted by atomic mass is 15.3. The highest BCUT2D eigenvalue weighted by Gasteiger charge is 2.25. The summed E-state index contributed by atoms with van der Waals surface area (Å²) in [6.07, 6.45) is 10.0. The number of hydrogen-bond donors (Lipinski definition) is 2. The maximum absolute atomic E-state index is 5.80. The number of fused-ring (bicyclic) bond motifs is 1. The topological polar surface area (TPSA) is 50.4 Å². The number of hydrazine groups is 1. The highest BCUT2D eigenvalue weighted by Crippen LogP contribution is 2.32. The van der Waals surface area contributed by atoms with Crippen molar-refractivity contribution < 1.29 is 0 Å². The Hall–Kier alpha value is -1.35. The Balaban J connectivity index is 1.84. The molecule has 0 spiro atoms. The molecule has 2 aliphatic rings. The fraction of sp³-hybridized carbons (Fsp3) is 0.588. The molecule has 0 heterocycles. The van der Waals surface area contributed by atoms with Crippen LogP contribution in [0.3, 0.4) is 0 Å². The SMILES string of the molecule is NNC(=NC1CCCCC1)C1CCCc2ccccc21. The van der Waals surface area contributed by atoms with E-state index in [2.05, 4.69) is 29.7 Å². The van der Waals surface area contributed by atoms with E-state index in [1.54, 1.807) is 0 Å². The average Bonchev–Trinajstić information content (AvgIpc) is 2.53. The van der Waals surface area contributed by atoms with E-state index >= 15 is 0 Å². The molecular formula is C17H25N3. The molecule has 108 valence electrons. The molecule has 0 saturated heterocycles. The van der Waals surface area contributed by atoms with E-state index in [4.69, 9.17) is 10.8 Å². The first-order valence-corrected chi connectivity index (χ1v) is 8.00. The molecule has 1 fully saturated rings. The third-order valence-corrected chi connectivity index (χ3v) is 4.74. The zero-order valence-corrected chi connectivity index (χ0v) is 12.1. The van der Waals surface area contributed by atoms with Crippen molar-refractivity contribution in [1.29, 1.82) is 0 Å². The third-order valence-electron chi connectivity index (χ3n) is 4.74. The van der Waals surface area contributed by atoms with Crippen LogP contribution in [0.2, 0.25) is 0 Å². The largest absolute Gasteiger partial charge is 0.312 e. The first kappa shape index (κ1) is 13.6. The van der Waals surface area contributed by atoms with Crippen LogP contribution in [0.15, 0.2) is 29.3 Å². The van der Waals surface area contributed by atoms with Crippen LogP contribution in [-0.2, 0) is 6.42 Å². The smallest absolute Gasteiger partial charge is 0.118 e. The van der Waals surface area contributed by atoms with Gasteiger partial charge in [0.2, 0.25) is 0 Å². The van der Waals surface area contributed by atoms with E-state index in [0.717, 1.165) is 12.3 Å². The Morgan fingerprint density at radius 3 is 2.65 bits per heavy atom. The molecular weight excluding hydrogens is 246 g/mol. The quantitative estimate of drug-likeness (QED) is 0.375. The lowest BCUT2D eigenvalue weighted by molar-refractivity contribution is 0.440. The molecule has 0 aromatic heterocycles. The van der Waals surface area contributed by atoms with Gasteiger partial charge in [0, 0.05) is 5.92 Å². The van der Waals surface area contributed by atoms with Gasteiger partial charge in [-0.3, -0.25) is 4.99 Å². The fourth-order valence-electron chi connectivity index (χ4n) is 3.67. The average molecular weight is 271 g/mol. The van der Waals surface area contributed by atoms with Crippen LogP contribution in [0.25, 0.3) is 0 Å². The van der Waals surface area contributed by atoms with Crippen molar-refractivity contribution in [2.75, 3.05) is 0 Å². The monoisotopic (exact) mass is 271 g/mol. The van der Waals surface area contributed by atoms with Crippen molar-refractivity contribution in [3.05, 3.63) is 35.4 Å². The van der Waals surface area contributed by atoms with Crippen molar-refractivity contribution in [3.8, 4) is 0 Å². The maximum atomic E-state index is 5.80. The molecule has 2 aliphatic carbocycles. The number of rotatable bonds is 2. The van der Waals surface area contributed by atoms with Crippen molar-refractivity contribution in [1.82, 2.24) is 5.43 Å². The Morgan fingerprint density at radius 2 is 1.85 bits per heavy atom. The minimum Gasteiger partial charge on any atom is -0.312 e. The van der Waals surface area contributed by atoms with Gasteiger partial charge in [-0.2, -0.15) is 0 Å². The summed E-state index contributed by atoms with van der Waals surface area (Å²) in [6.45, 7) is 0. The van der Waals surface area contributed by atoms with E-state index in [1.807, 2.05) is 0 Å². The van der Waals surface area contributed by atoms with Crippen molar-refractivity contribution >= 4 is 5.84 Å². The fourth-order valence-corrected chi connectivity index (χ4v) is 3.67. The predicted molar refractivity (Wildman–Crippen MR) is 83.8 cm³/mol. The molecule has 20 heavy (non-hydrogen) atoms. The minimum atomic E-state index is 0.367. The second kappa shape index (κ2) is 6.40. The van der Waals surface area contributed by atoms with E-state index < -0.39 is 0 Å². The number of hydrogen-bond acceptors (Lipinski definition) is 2. The molecule has 0 aliphatic heterocycles. The first-order chi connectivity index (χ1) is 9.88. The lowest BCUT2D eigenvalue weighted by atomic mass is 9.82. The Kier molecular flexibility index (Phi) is 4.36. The van der Waals surface area contributed by atoms with Gasteiger partial charge < -0.3 is 5.43 Å². The van der Waals surface area contributed by atoms with Gasteiger partial charge in [-0.25, -0.2) is 5.84 Å². The Morgan fingerprint density at radius 1 is 1.05 bits per heavy atom. The lowest BCUT2D eigenvalue weighted by Gasteiger charge is -2.28. The van der Waals surface area contributed by atoms with Crippen LogP contribution in [-0.4, -0.2) is 11.9 Å². The van der Waals surface area contributed by atoms with Crippen LogP contribution < -0.4 is 11.3 Å². The molecule has 0 bridgehead atoms. The van der Waals surface area contributed by atoms with Gasteiger partial charge in [-0.15, -0.1) is 0 Å². The maximum Gasteiger partial charge on any atom is 0.118 e. The molecule has 1 unspecified atom stereocenters. The summed E-state index contributed by atoms with van der Waals surface area (Å²) in [6, 6.07) is 9.23. The van der Waals surface area contributed by atoms with Crippen molar-refractivity contribution in [3.63, 3.8) is 0 Å². The van der Waals surface area contributed by atoms with E-state index in [1.165, 1.54) is 56.1 Å². The van der Waals surface area contributed by atoms with Crippen molar-refractivity contribution in [2.45, 2.75) is 63.3 Å². The molecule has 3 nitrogen and oxygen atoms in total. The summed E-state index contributed by atoms with van der Waals surface area (Å²) in [5, 5.41) is 0. The van der Waals surface area contributed by atoms with Gasteiger partial charge in [-0.1, -0.05) is 43.5 Å². The second-order valence-corrected chi connectivity index (χ2v) is 6.09. The molecule has 1 atom stereocenters. The van der Waals surface area contributed by atoms with Gasteiger partial charge in [0.1, 0.15) is 5.84 Å².